The highest BCUT2D eigenvalue weighted by molar-refractivity contribution is 8.00. The van der Waals surface area contributed by atoms with Crippen molar-refractivity contribution in [1.29, 1.82) is 0 Å². The van der Waals surface area contributed by atoms with Crippen LogP contribution in [0.25, 0.3) is 5.69 Å². The van der Waals surface area contributed by atoms with Crippen molar-refractivity contribution in [1.82, 2.24) is 14.8 Å². The third kappa shape index (κ3) is 5.21. The number of carbonyl (C=O) groups excluding carboxylic acids is 1. The SMILES string of the molecule is Cc1ccccc1NC(=O)[C@H](C)Sc1nnc(Cc2ccccc2)n1-c1ccc(Cl)cc1. The van der Waals surface area contributed by atoms with Gasteiger partial charge in [-0.25, -0.2) is 0 Å². The molecule has 32 heavy (non-hydrogen) atoms. The summed E-state index contributed by atoms with van der Waals surface area (Å²) in [5, 5.41) is 12.8. The molecule has 0 saturated heterocycles. The van der Waals surface area contributed by atoms with Crippen molar-refractivity contribution >= 4 is 35.0 Å². The predicted octanol–water partition coefficient (Wildman–Crippen LogP) is 5.94. The van der Waals surface area contributed by atoms with Crippen LogP contribution in [0.4, 0.5) is 5.69 Å². The molecule has 0 radical (unpaired) electrons. The molecule has 4 aromatic rings. The molecule has 5 nitrogen and oxygen atoms in total. The average Bonchev–Trinajstić information content (AvgIpc) is 3.18. The third-order valence-electron chi connectivity index (χ3n) is 5.04. The van der Waals surface area contributed by atoms with E-state index in [0.717, 1.165) is 28.3 Å². The van der Waals surface area contributed by atoms with Crippen LogP contribution in [-0.2, 0) is 11.2 Å². The van der Waals surface area contributed by atoms with Crippen molar-refractivity contribution in [2.45, 2.75) is 30.7 Å². The van der Waals surface area contributed by atoms with Crippen molar-refractivity contribution in [2.24, 2.45) is 0 Å². The standard InChI is InChI=1S/C25H23ClN4OS/c1-17-8-6-7-11-22(17)27-24(31)18(2)32-25-29-28-23(16-19-9-4-3-5-10-19)30(25)21-14-12-20(26)13-15-21/h3-15,18H,16H2,1-2H3,(H,27,31)/t18-/m0/s1. The fraction of sp³-hybridized carbons (Fsp3) is 0.160. The van der Waals surface area contributed by atoms with Crippen molar-refractivity contribution in [3.8, 4) is 5.69 Å². The second kappa shape index (κ2) is 10.0. The maximum atomic E-state index is 12.9. The first-order valence-electron chi connectivity index (χ1n) is 10.3. The van der Waals surface area contributed by atoms with Gasteiger partial charge in [0.25, 0.3) is 0 Å². The smallest absolute Gasteiger partial charge is 0.237 e. The van der Waals surface area contributed by atoms with Crippen LogP contribution in [0.2, 0.25) is 5.02 Å². The molecule has 0 fully saturated rings. The zero-order valence-corrected chi connectivity index (χ0v) is 19.4. The first-order chi connectivity index (χ1) is 15.5. The van der Waals surface area contributed by atoms with Crippen LogP contribution >= 0.6 is 23.4 Å². The summed E-state index contributed by atoms with van der Waals surface area (Å²) in [6, 6.07) is 25.4. The second-order valence-electron chi connectivity index (χ2n) is 7.44. The van der Waals surface area contributed by atoms with Gasteiger partial charge in [-0.1, -0.05) is 71.9 Å². The molecule has 1 heterocycles. The van der Waals surface area contributed by atoms with Crippen molar-refractivity contribution in [3.05, 3.63) is 101 Å². The highest BCUT2D eigenvalue weighted by atomic mass is 35.5. The maximum absolute atomic E-state index is 12.9. The molecule has 1 amide bonds. The number of aromatic nitrogens is 3. The molecule has 7 heteroatoms. The third-order valence-corrected chi connectivity index (χ3v) is 6.34. The van der Waals surface area contributed by atoms with E-state index in [4.69, 9.17) is 11.6 Å². The van der Waals surface area contributed by atoms with Gasteiger partial charge in [-0.15, -0.1) is 10.2 Å². The van der Waals surface area contributed by atoms with Crippen molar-refractivity contribution in [2.75, 3.05) is 5.32 Å². The van der Waals surface area contributed by atoms with Crippen LogP contribution in [-0.4, -0.2) is 25.9 Å². The molecule has 162 valence electrons. The monoisotopic (exact) mass is 462 g/mol. The summed E-state index contributed by atoms with van der Waals surface area (Å²) in [5.74, 6) is 0.715. The van der Waals surface area contributed by atoms with Crippen LogP contribution in [0.5, 0.6) is 0 Å². The molecule has 1 N–H and O–H groups in total. The Morgan fingerprint density at radius 2 is 1.69 bits per heavy atom. The van der Waals surface area contributed by atoms with Gasteiger partial charge in [0.2, 0.25) is 5.91 Å². The Morgan fingerprint density at radius 1 is 1.00 bits per heavy atom. The molecule has 0 unspecified atom stereocenters. The number of hydrogen-bond donors (Lipinski definition) is 1. The minimum absolute atomic E-state index is 0.0837. The van der Waals surface area contributed by atoms with Gasteiger partial charge < -0.3 is 5.32 Å². The topological polar surface area (TPSA) is 59.8 Å². The molecule has 0 spiro atoms. The number of carbonyl (C=O) groups is 1. The van der Waals surface area contributed by atoms with Crippen LogP contribution in [0.3, 0.4) is 0 Å². The fourth-order valence-corrected chi connectivity index (χ4v) is 4.29. The second-order valence-corrected chi connectivity index (χ2v) is 9.18. The minimum Gasteiger partial charge on any atom is -0.325 e. The Kier molecular flexibility index (Phi) is 6.93. The Bertz CT molecular complexity index is 1210. The molecule has 0 aliphatic rings. The quantitative estimate of drug-likeness (QED) is 0.345. The number of rotatable bonds is 7. The van der Waals surface area contributed by atoms with Crippen LogP contribution in [0.15, 0.2) is 84.0 Å². The molecular weight excluding hydrogens is 440 g/mol. The lowest BCUT2D eigenvalue weighted by Gasteiger charge is -2.15. The average molecular weight is 463 g/mol. The molecular formula is C25H23ClN4OS. The molecule has 0 aliphatic carbocycles. The predicted molar refractivity (Wildman–Crippen MR) is 131 cm³/mol. The number of nitrogens with one attached hydrogen (secondary N) is 1. The number of nitrogens with zero attached hydrogens (tertiary/aromatic N) is 3. The van der Waals surface area contributed by atoms with Crippen molar-refractivity contribution in [3.63, 3.8) is 0 Å². The molecule has 0 bridgehead atoms. The highest BCUT2D eigenvalue weighted by Crippen LogP contribution is 2.28. The van der Waals surface area contributed by atoms with E-state index < -0.39 is 0 Å². The number of anilines is 1. The minimum atomic E-state index is -0.366. The van der Waals surface area contributed by atoms with Gasteiger partial charge >= 0.3 is 0 Å². The van der Waals surface area contributed by atoms with Crippen molar-refractivity contribution < 1.29 is 4.79 Å². The Balaban J connectivity index is 1.60. The number of para-hydroxylation sites is 1. The van der Waals surface area contributed by atoms with E-state index >= 15 is 0 Å². The fourth-order valence-electron chi connectivity index (χ4n) is 3.28. The lowest BCUT2D eigenvalue weighted by atomic mass is 10.1. The maximum Gasteiger partial charge on any atom is 0.237 e. The number of amides is 1. The zero-order valence-electron chi connectivity index (χ0n) is 17.8. The zero-order chi connectivity index (χ0) is 22.5. The van der Waals surface area contributed by atoms with Gasteiger partial charge in [0.15, 0.2) is 5.16 Å². The van der Waals surface area contributed by atoms with Gasteiger partial charge in [0, 0.05) is 22.8 Å². The highest BCUT2D eigenvalue weighted by Gasteiger charge is 2.21. The Labute approximate surface area is 196 Å². The molecule has 0 aliphatic heterocycles. The number of benzene rings is 3. The van der Waals surface area contributed by atoms with E-state index in [1.807, 2.05) is 85.1 Å². The summed E-state index contributed by atoms with van der Waals surface area (Å²) < 4.78 is 1.99. The summed E-state index contributed by atoms with van der Waals surface area (Å²) in [6.45, 7) is 3.84. The first kappa shape index (κ1) is 22.1. The largest absolute Gasteiger partial charge is 0.325 e. The molecule has 4 rings (SSSR count). The van der Waals surface area contributed by atoms with E-state index in [1.54, 1.807) is 0 Å². The van der Waals surface area contributed by atoms with E-state index in [9.17, 15) is 4.79 Å². The lowest BCUT2D eigenvalue weighted by molar-refractivity contribution is -0.115. The van der Waals surface area contributed by atoms with Crippen LogP contribution < -0.4 is 5.32 Å². The summed E-state index contributed by atoms with van der Waals surface area (Å²) in [4.78, 5) is 12.9. The number of halogens is 1. The van der Waals surface area contributed by atoms with E-state index in [0.29, 0.717) is 16.6 Å². The van der Waals surface area contributed by atoms with Crippen LogP contribution in [0.1, 0.15) is 23.9 Å². The molecule has 1 aromatic heterocycles. The van der Waals surface area contributed by atoms with Gasteiger partial charge in [0.1, 0.15) is 5.82 Å². The van der Waals surface area contributed by atoms with Gasteiger partial charge in [-0.3, -0.25) is 9.36 Å². The normalized spacial score (nSPS) is 11.8. The molecule has 1 atom stereocenters. The number of thioether (sulfide) groups is 1. The summed E-state index contributed by atoms with van der Waals surface area (Å²) in [7, 11) is 0. The summed E-state index contributed by atoms with van der Waals surface area (Å²) in [5.41, 5.74) is 3.87. The first-order valence-corrected chi connectivity index (χ1v) is 11.5. The van der Waals surface area contributed by atoms with E-state index in [2.05, 4.69) is 27.6 Å². The lowest BCUT2D eigenvalue weighted by Crippen LogP contribution is -2.23. The summed E-state index contributed by atoms with van der Waals surface area (Å²) in [6.07, 6.45) is 0.626. The summed E-state index contributed by atoms with van der Waals surface area (Å²) >= 11 is 7.48. The van der Waals surface area contributed by atoms with E-state index in [-0.39, 0.29) is 11.2 Å². The number of aryl methyl sites for hydroxylation is 1. The Hall–Kier alpha value is -3.09. The van der Waals surface area contributed by atoms with Crippen LogP contribution in [0, 0.1) is 6.92 Å². The molecule has 0 saturated carbocycles. The Morgan fingerprint density at radius 3 is 2.41 bits per heavy atom. The van der Waals surface area contributed by atoms with Gasteiger partial charge in [-0.05, 0) is 55.3 Å². The van der Waals surface area contributed by atoms with E-state index in [1.165, 1.54) is 11.8 Å². The van der Waals surface area contributed by atoms with Gasteiger partial charge in [-0.2, -0.15) is 0 Å². The molecule has 3 aromatic carbocycles. The number of hydrogen-bond acceptors (Lipinski definition) is 4. The van der Waals surface area contributed by atoms with Gasteiger partial charge in [0.05, 0.1) is 5.25 Å².